The van der Waals surface area contributed by atoms with Gasteiger partial charge in [-0.2, -0.15) is 0 Å². The van der Waals surface area contributed by atoms with Crippen molar-refractivity contribution in [3.05, 3.63) is 42.5 Å². The third-order valence-electron chi connectivity index (χ3n) is 2.45. The molecule has 0 radical (unpaired) electrons. The summed E-state index contributed by atoms with van der Waals surface area (Å²) in [5.74, 6) is 0.946. The van der Waals surface area contributed by atoms with E-state index >= 15 is 0 Å². The zero-order valence-corrected chi connectivity index (χ0v) is 8.97. The first-order chi connectivity index (χ1) is 7.35. The van der Waals surface area contributed by atoms with Crippen LogP contribution in [-0.2, 0) is 6.42 Å². The van der Waals surface area contributed by atoms with Crippen LogP contribution in [0.3, 0.4) is 0 Å². The highest BCUT2D eigenvalue weighted by Gasteiger charge is 2.03. The van der Waals surface area contributed by atoms with Gasteiger partial charge in [0.05, 0.1) is 13.4 Å². The van der Waals surface area contributed by atoms with Gasteiger partial charge in [-0.05, 0) is 30.2 Å². The Hall–Kier alpha value is -1.77. The molecule has 0 saturated carbocycles. The lowest BCUT2D eigenvalue weighted by atomic mass is 10.1. The van der Waals surface area contributed by atoms with Gasteiger partial charge in [-0.15, -0.1) is 0 Å². The first-order valence-electron chi connectivity index (χ1n) is 5.00. The fourth-order valence-corrected chi connectivity index (χ4v) is 1.61. The van der Waals surface area contributed by atoms with Gasteiger partial charge in [-0.3, -0.25) is 0 Å². The topological polar surface area (TPSA) is 27.1 Å². The number of rotatable bonds is 3. The van der Waals surface area contributed by atoms with Gasteiger partial charge in [0, 0.05) is 18.1 Å². The molecule has 15 heavy (non-hydrogen) atoms. The Morgan fingerprint density at radius 2 is 2.27 bits per heavy atom. The molecule has 0 atom stereocenters. The van der Waals surface area contributed by atoms with Crippen molar-refractivity contribution in [2.45, 2.75) is 13.3 Å². The normalized spacial score (nSPS) is 10.3. The molecule has 3 nitrogen and oxygen atoms in total. The number of ether oxygens (including phenoxy) is 1. The van der Waals surface area contributed by atoms with Gasteiger partial charge in [0.15, 0.2) is 0 Å². The Morgan fingerprint density at radius 1 is 1.40 bits per heavy atom. The average molecular weight is 202 g/mol. The molecule has 2 rings (SSSR count). The fourth-order valence-electron chi connectivity index (χ4n) is 1.61. The summed E-state index contributed by atoms with van der Waals surface area (Å²) in [6.45, 7) is 2.12. The van der Waals surface area contributed by atoms with Crippen LogP contribution in [0.5, 0.6) is 5.75 Å². The minimum absolute atomic E-state index is 0.946. The number of imidazole rings is 1. The number of methoxy groups -OCH3 is 1. The summed E-state index contributed by atoms with van der Waals surface area (Å²) in [7, 11) is 1.70. The number of benzene rings is 1. The van der Waals surface area contributed by atoms with Gasteiger partial charge in [0.25, 0.3) is 0 Å². The predicted octanol–water partition coefficient (Wildman–Crippen LogP) is 2.44. The highest BCUT2D eigenvalue weighted by molar-refractivity contribution is 5.44. The van der Waals surface area contributed by atoms with Gasteiger partial charge < -0.3 is 9.30 Å². The monoisotopic (exact) mass is 202 g/mol. The summed E-state index contributed by atoms with van der Waals surface area (Å²) in [5, 5.41) is 0. The van der Waals surface area contributed by atoms with Crippen LogP contribution in [0.4, 0.5) is 0 Å². The lowest BCUT2D eigenvalue weighted by Crippen LogP contribution is -1.95. The molecule has 2 aromatic rings. The molecular weight excluding hydrogens is 188 g/mol. The maximum Gasteiger partial charge on any atom is 0.122 e. The van der Waals surface area contributed by atoms with Crippen molar-refractivity contribution in [3.8, 4) is 11.4 Å². The molecular formula is C12H14N2O. The van der Waals surface area contributed by atoms with E-state index in [-0.39, 0.29) is 0 Å². The summed E-state index contributed by atoms with van der Waals surface area (Å²) in [4.78, 5) is 4.03. The molecule has 1 aromatic carbocycles. The summed E-state index contributed by atoms with van der Waals surface area (Å²) >= 11 is 0. The van der Waals surface area contributed by atoms with Crippen LogP contribution in [0.15, 0.2) is 36.9 Å². The van der Waals surface area contributed by atoms with Gasteiger partial charge in [-0.25, -0.2) is 4.98 Å². The van der Waals surface area contributed by atoms with E-state index in [0.717, 1.165) is 17.9 Å². The molecule has 0 amide bonds. The second kappa shape index (κ2) is 4.17. The second-order valence-corrected chi connectivity index (χ2v) is 3.32. The maximum atomic E-state index is 5.28. The predicted molar refractivity (Wildman–Crippen MR) is 59.5 cm³/mol. The molecule has 0 saturated heterocycles. The van der Waals surface area contributed by atoms with Crippen LogP contribution in [0, 0.1) is 0 Å². The van der Waals surface area contributed by atoms with E-state index in [4.69, 9.17) is 4.74 Å². The van der Waals surface area contributed by atoms with Crippen LogP contribution >= 0.6 is 0 Å². The molecule has 0 spiro atoms. The Labute approximate surface area is 89.3 Å². The zero-order chi connectivity index (χ0) is 10.7. The Balaban J connectivity index is 2.43. The van der Waals surface area contributed by atoms with Gasteiger partial charge in [0.1, 0.15) is 5.75 Å². The van der Waals surface area contributed by atoms with Crippen molar-refractivity contribution in [1.82, 2.24) is 9.55 Å². The largest absolute Gasteiger partial charge is 0.496 e. The molecule has 0 aliphatic carbocycles. The fraction of sp³-hybridized carbons (Fsp3) is 0.250. The maximum absolute atomic E-state index is 5.28. The molecule has 3 heteroatoms. The smallest absolute Gasteiger partial charge is 0.122 e. The van der Waals surface area contributed by atoms with E-state index in [2.05, 4.69) is 18.0 Å². The standard InChI is InChI=1S/C12H14N2O/c1-3-10-8-11(4-5-12(10)15-2)14-7-6-13-9-14/h4-9H,3H2,1-2H3. The molecule has 0 aliphatic heterocycles. The lowest BCUT2D eigenvalue weighted by Gasteiger charge is -2.09. The van der Waals surface area contributed by atoms with E-state index < -0.39 is 0 Å². The third kappa shape index (κ3) is 1.86. The minimum atomic E-state index is 0.946. The van der Waals surface area contributed by atoms with Crippen LogP contribution in [0.2, 0.25) is 0 Å². The molecule has 0 unspecified atom stereocenters. The first kappa shape index (κ1) is 9.77. The minimum Gasteiger partial charge on any atom is -0.496 e. The Bertz CT molecular complexity index is 435. The van der Waals surface area contributed by atoms with Crippen LogP contribution in [-0.4, -0.2) is 16.7 Å². The lowest BCUT2D eigenvalue weighted by molar-refractivity contribution is 0.410. The van der Waals surface area contributed by atoms with Crippen molar-refractivity contribution in [2.75, 3.05) is 7.11 Å². The van der Waals surface area contributed by atoms with Crippen molar-refractivity contribution in [2.24, 2.45) is 0 Å². The van der Waals surface area contributed by atoms with Gasteiger partial charge >= 0.3 is 0 Å². The molecule has 0 fully saturated rings. The average Bonchev–Trinajstić information content (AvgIpc) is 2.81. The van der Waals surface area contributed by atoms with Crippen molar-refractivity contribution >= 4 is 0 Å². The zero-order valence-electron chi connectivity index (χ0n) is 8.97. The number of aromatic nitrogens is 2. The number of nitrogens with zero attached hydrogens (tertiary/aromatic N) is 2. The number of hydrogen-bond donors (Lipinski definition) is 0. The summed E-state index contributed by atoms with van der Waals surface area (Å²) in [6.07, 6.45) is 6.46. The van der Waals surface area contributed by atoms with Gasteiger partial charge in [0.2, 0.25) is 0 Å². The number of hydrogen-bond acceptors (Lipinski definition) is 2. The number of aryl methyl sites for hydroxylation is 1. The second-order valence-electron chi connectivity index (χ2n) is 3.32. The van der Waals surface area contributed by atoms with Crippen LogP contribution in [0.25, 0.3) is 5.69 Å². The highest BCUT2D eigenvalue weighted by Crippen LogP contribution is 2.22. The van der Waals surface area contributed by atoms with Gasteiger partial charge in [-0.1, -0.05) is 6.92 Å². The van der Waals surface area contributed by atoms with E-state index in [1.807, 2.05) is 22.9 Å². The third-order valence-corrected chi connectivity index (χ3v) is 2.45. The SMILES string of the molecule is CCc1cc(-n2ccnc2)ccc1OC. The summed E-state index contributed by atoms with van der Waals surface area (Å²) in [6, 6.07) is 6.15. The van der Waals surface area contributed by atoms with Crippen LogP contribution in [0.1, 0.15) is 12.5 Å². The molecule has 0 N–H and O–H groups in total. The van der Waals surface area contributed by atoms with Crippen molar-refractivity contribution < 1.29 is 4.74 Å². The molecule has 0 bridgehead atoms. The Morgan fingerprint density at radius 3 is 2.87 bits per heavy atom. The highest BCUT2D eigenvalue weighted by atomic mass is 16.5. The quantitative estimate of drug-likeness (QED) is 0.764. The van der Waals surface area contributed by atoms with Crippen LogP contribution < -0.4 is 4.74 Å². The molecule has 0 aliphatic rings. The van der Waals surface area contributed by atoms with E-state index in [1.54, 1.807) is 19.6 Å². The summed E-state index contributed by atoms with van der Waals surface area (Å²) < 4.78 is 7.27. The van der Waals surface area contributed by atoms with E-state index in [0.29, 0.717) is 0 Å². The van der Waals surface area contributed by atoms with E-state index in [9.17, 15) is 0 Å². The first-order valence-corrected chi connectivity index (χ1v) is 5.00. The van der Waals surface area contributed by atoms with Crippen molar-refractivity contribution in [3.63, 3.8) is 0 Å². The molecule has 1 heterocycles. The molecule has 1 aromatic heterocycles. The summed E-state index contributed by atoms with van der Waals surface area (Å²) in [5.41, 5.74) is 2.33. The van der Waals surface area contributed by atoms with Crippen molar-refractivity contribution in [1.29, 1.82) is 0 Å². The van der Waals surface area contributed by atoms with E-state index in [1.165, 1.54) is 5.56 Å². The molecule has 78 valence electrons. The Kier molecular flexibility index (Phi) is 2.72.